The molecule has 2 N–H and O–H groups in total. The van der Waals surface area contributed by atoms with Crippen LogP contribution in [-0.4, -0.2) is 52.4 Å². The summed E-state index contributed by atoms with van der Waals surface area (Å²) in [5.74, 6) is -0.264. The number of amides is 2. The topological polar surface area (TPSA) is 118 Å². The van der Waals surface area contributed by atoms with Gasteiger partial charge in [0.2, 0.25) is 11.8 Å². The monoisotopic (exact) mass is 519 g/mol. The number of thioether (sulfide) groups is 1. The number of nitrogens with one attached hydrogen (secondary N) is 1. The highest BCUT2D eigenvalue weighted by Crippen LogP contribution is 2.31. The first-order chi connectivity index (χ1) is 17.9. The molecule has 2 amide bonds. The van der Waals surface area contributed by atoms with E-state index in [2.05, 4.69) is 10.3 Å². The Labute approximate surface area is 218 Å². The van der Waals surface area contributed by atoms with Gasteiger partial charge in [-0.3, -0.25) is 14.5 Å². The molecule has 0 unspecified atom stereocenters. The molecular formula is C27H25N3O6S. The largest absolute Gasteiger partial charge is 0.497 e. The highest BCUT2D eigenvalue weighted by Gasteiger charge is 2.36. The zero-order chi connectivity index (χ0) is 26.4. The van der Waals surface area contributed by atoms with Crippen molar-refractivity contribution in [3.63, 3.8) is 0 Å². The zero-order valence-electron chi connectivity index (χ0n) is 20.2. The molecule has 0 aliphatic carbocycles. The molecule has 3 aromatic rings. The second kappa shape index (κ2) is 11.6. The van der Waals surface area contributed by atoms with Gasteiger partial charge in [-0.15, -0.1) is 0 Å². The van der Waals surface area contributed by atoms with Crippen molar-refractivity contribution < 1.29 is 29.0 Å². The van der Waals surface area contributed by atoms with Gasteiger partial charge in [-0.25, -0.2) is 9.79 Å². The molecule has 190 valence electrons. The van der Waals surface area contributed by atoms with Gasteiger partial charge < -0.3 is 19.9 Å². The molecule has 37 heavy (non-hydrogen) atoms. The van der Waals surface area contributed by atoms with Crippen LogP contribution >= 0.6 is 11.8 Å². The molecule has 1 atom stereocenters. The summed E-state index contributed by atoms with van der Waals surface area (Å²) in [6, 6.07) is 20.3. The Morgan fingerprint density at radius 1 is 0.973 bits per heavy atom. The Morgan fingerprint density at radius 3 is 2.14 bits per heavy atom. The van der Waals surface area contributed by atoms with E-state index in [1.54, 1.807) is 43.4 Å². The first-order valence-corrected chi connectivity index (χ1v) is 12.2. The van der Waals surface area contributed by atoms with Gasteiger partial charge in [-0.1, -0.05) is 23.9 Å². The van der Waals surface area contributed by atoms with E-state index in [1.165, 1.54) is 36.0 Å². The van der Waals surface area contributed by atoms with E-state index in [0.29, 0.717) is 28.0 Å². The second-order valence-electron chi connectivity index (χ2n) is 8.10. The number of benzene rings is 3. The first kappa shape index (κ1) is 25.8. The molecule has 10 heteroatoms. The molecule has 3 aromatic carbocycles. The van der Waals surface area contributed by atoms with Crippen LogP contribution in [0.25, 0.3) is 0 Å². The van der Waals surface area contributed by atoms with E-state index in [-0.39, 0.29) is 30.3 Å². The van der Waals surface area contributed by atoms with Gasteiger partial charge in [0.1, 0.15) is 16.7 Å². The van der Waals surface area contributed by atoms with Crippen molar-refractivity contribution in [3.05, 3.63) is 83.9 Å². The standard InChI is InChI=1S/C27H25N3O6S/c1-35-21-11-3-17(4-12-21)16-30-24(31)15-23(25(32)28-19-7-5-18(6-8-19)26(33)34)37-27(30)29-20-9-13-22(36-2)14-10-20/h3-14,23H,15-16H2,1-2H3,(H,28,32)(H,33,34)/t23-/m0/s1. The van der Waals surface area contributed by atoms with Gasteiger partial charge in [0.05, 0.1) is 32.0 Å². The van der Waals surface area contributed by atoms with Crippen LogP contribution in [0.2, 0.25) is 0 Å². The van der Waals surface area contributed by atoms with E-state index in [9.17, 15) is 14.4 Å². The number of nitrogens with zero attached hydrogens (tertiary/aromatic N) is 2. The Morgan fingerprint density at radius 2 is 1.57 bits per heavy atom. The predicted octanol–water partition coefficient (Wildman–Crippen LogP) is 4.56. The Bertz CT molecular complexity index is 1310. The zero-order valence-corrected chi connectivity index (χ0v) is 21.0. The van der Waals surface area contributed by atoms with Crippen LogP contribution in [0.1, 0.15) is 22.3 Å². The number of ether oxygens (including phenoxy) is 2. The summed E-state index contributed by atoms with van der Waals surface area (Å²) in [4.78, 5) is 43.6. The molecule has 0 saturated carbocycles. The van der Waals surface area contributed by atoms with Gasteiger partial charge in [0.15, 0.2) is 5.17 Å². The maximum atomic E-state index is 13.3. The summed E-state index contributed by atoms with van der Waals surface area (Å²) < 4.78 is 10.4. The normalized spacial score (nSPS) is 16.4. The number of hydrogen-bond donors (Lipinski definition) is 2. The number of carbonyl (C=O) groups is 3. The van der Waals surface area contributed by atoms with Crippen molar-refractivity contribution in [2.45, 2.75) is 18.2 Å². The average molecular weight is 520 g/mol. The lowest BCUT2D eigenvalue weighted by atomic mass is 10.1. The minimum atomic E-state index is -1.05. The number of aromatic carboxylic acids is 1. The van der Waals surface area contributed by atoms with E-state index in [1.807, 2.05) is 24.3 Å². The number of hydrogen-bond acceptors (Lipinski definition) is 7. The molecule has 1 aliphatic rings. The maximum Gasteiger partial charge on any atom is 0.335 e. The number of carbonyl (C=O) groups excluding carboxylic acids is 2. The predicted molar refractivity (Wildman–Crippen MR) is 142 cm³/mol. The summed E-state index contributed by atoms with van der Waals surface area (Å²) in [6.45, 7) is 0.288. The van der Waals surface area contributed by atoms with Crippen molar-refractivity contribution >= 4 is 46.1 Å². The second-order valence-corrected chi connectivity index (χ2v) is 9.27. The fraction of sp³-hybridized carbons (Fsp3) is 0.185. The summed E-state index contributed by atoms with van der Waals surface area (Å²) in [7, 11) is 3.16. The number of carboxylic acid groups (broad SMARTS) is 1. The Balaban J connectivity index is 1.57. The van der Waals surface area contributed by atoms with Crippen molar-refractivity contribution in [2.24, 2.45) is 4.99 Å². The molecule has 0 bridgehead atoms. The minimum Gasteiger partial charge on any atom is -0.497 e. The van der Waals surface area contributed by atoms with Gasteiger partial charge in [0, 0.05) is 12.1 Å². The van der Waals surface area contributed by atoms with Crippen LogP contribution in [0, 0.1) is 0 Å². The summed E-state index contributed by atoms with van der Waals surface area (Å²) in [6.07, 6.45) is -0.0124. The van der Waals surface area contributed by atoms with E-state index >= 15 is 0 Å². The lowest BCUT2D eigenvalue weighted by Gasteiger charge is -2.32. The van der Waals surface area contributed by atoms with Crippen molar-refractivity contribution in [1.82, 2.24) is 4.90 Å². The molecule has 1 aliphatic heterocycles. The molecular weight excluding hydrogens is 494 g/mol. The highest BCUT2D eigenvalue weighted by atomic mass is 32.2. The average Bonchev–Trinajstić information content (AvgIpc) is 2.91. The smallest absolute Gasteiger partial charge is 0.335 e. The fourth-order valence-corrected chi connectivity index (χ4v) is 4.69. The molecule has 1 saturated heterocycles. The third kappa shape index (κ3) is 6.47. The number of rotatable bonds is 8. The highest BCUT2D eigenvalue weighted by molar-refractivity contribution is 8.15. The SMILES string of the molecule is COc1ccc(CN2C(=O)C[C@@H](C(=O)Nc3ccc(C(=O)O)cc3)SC2=Nc2ccc(OC)cc2)cc1. The molecule has 0 spiro atoms. The minimum absolute atomic E-state index is 0.0124. The van der Waals surface area contributed by atoms with Crippen LogP contribution in [0.15, 0.2) is 77.8 Å². The van der Waals surface area contributed by atoms with E-state index < -0.39 is 11.2 Å². The molecule has 0 radical (unpaired) electrons. The van der Waals surface area contributed by atoms with Crippen molar-refractivity contribution in [1.29, 1.82) is 0 Å². The molecule has 1 heterocycles. The van der Waals surface area contributed by atoms with Crippen LogP contribution in [-0.2, 0) is 16.1 Å². The third-order valence-corrected chi connectivity index (χ3v) is 6.82. The van der Waals surface area contributed by atoms with Crippen LogP contribution in [0.5, 0.6) is 11.5 Å². The summed E-state index contributed by atoms with van der Waals surface area (Å²) >= 11 is 1.20. The van der Waals surface area contributed by atoms with Crippen LogP contribution < -0.4 is 14.8 Å². The lowest BCUT2D eigenvalue weighted by Crippen LogP contribution is -2.44. The number of aliphatic imine (C=N–C) groups is 1. The lowest BCUT2D eigenvalue weighted by molar-refractivity contribution is -0.129. The molecule has 1 fully saturated rings. The fourth-order valence-electron chi connectivity index (χ4n) is 3.60. The van der Waals surface area contributed by atoms with Gasteiger partial charge >= 0.3 is 5.97 Å². The number of carboxylic acids is 1. The molecule has 0 aromatic heterocycles. The van der Waals surface area contributed by atoms with Crippen LogP contribution in [0.3, 0.4) is 0 Å². The maximum absolute atomic E-state index is 13.3. The molecule has 9 nitrogen and oxygen atoms in total. The third-order valence-electron chi connectivity index (χ3n) is 5.63. The number of methoxy groups -OCH3 is 2. The number of amidine groups is 1. The quantitative estimate of drug-likeness (QED) is 0.448. The van der Waals surface area contributed by atoms with Crippen LogP contribution in [0.4, 0.5) is 11.4 Å². The van der Waals surface area contributed by atoms with Crippen molar-refractivity contribution in [3.8, 4) is 11.5 Å². The summed E-state index contributed by atoms with van der Waals surface area (Å²) in [5.41, 5.74) is 2.06. The van der Waals surface area contributed by atoms with E-state index in [0.717, 1.165) is 5.56 Å². The number of anilines is 1. The van der Waals surface area contributed by atoms with Crippen molar-refractivity contribution in [2.75, 3.05) is 19.5 Å². The van der Waals surface area contributed by atoms with Gasteiger partial charge in [0.25, 0.3) is 0 Å². The summed E-state index contributed by atoms with van der Waals surface area (Å²) in [5, 5.41) is 11.5. The Hall–Kier alpha value is -4.31. The first-order valence-electron chi connectivity index (χ1n) is 11.3. The van der Waals surface area contributed by atoms with E-state index in [4.69, 9.17) is 14.6 Å². The molecule has 4 rings (SSSR count). The Kier molecular flexibility index (Phi) is 8.09. The van der Waals surface area contributed by atoms with Gasteiger partial charge in [-0.05, 0) is 66.2 Å². The van der Waals surface area contributed by atoms with Gasteiger partial charge in [-0.2, -0.15) is 0 Å².